The average Bonchev–Trinajstić information content (AvgIpc) is 2.56. The molecule has 2 aromatic carbocycles. The minimum absolute atomic E-state index is 0.116. The molecule has 2 heteroatoms. The second-order valence-corrected chi connectivity index (χ2v) is 5.37. The molecule has 0 atom stereocenters. The molecule has 1 heterocycles. The maximum absolute atomic E-state index is 12.4. The Bertz CT molecular complexity index is 794. The minimum Gasteiger partial charge on any atom is -0.287 e. The highest BCUT2D eigenvalue weighted by Gasteiger charge is 2.17. The highest BCUT2D eigenvalue weighted by molar-refractivity contribution is 5.95. The number of hydrogen-bond acceptors (Lipinski definition) is 1. The third kappa shape index (κ3) is 3.12. The summed E-state index contributed by atoms with van der Waals surface area (Å²) in [6.07, 6.45) is 1.96. The molecular formula is C20H18NO+. The van der Waals surface area contributed by atoms with Crippen LogP contribution in [-0.2, 0) is 6.54 Å². The number of ketones is 1. The molecule has 0 aliphatic carbocycles. The SMILES string of the molecule is Cc1cccc(-c2cccc[n+]2CC(=O)c2ccccc2)c1. The quantitative estimate of drug-likeness (QED) is 0.528. The van der Waals surface area contributed by atoms with Gasteiger partial charge in [-0.05, 0) is 25.1 Å². The molecule has 3 rings (SSSR count). The van der Waals surface area contributed by atoms with E-state index in [1.54, 1.807) is 0 Å². The van der Waals surface area contributed by atoms with E-state index in [4.69, 9.17) is 0 Å². The third-order valence-corrected chi connectivity index (χ3v) is 3.66. The number of carbonyl (C=O) groups excluding carboxylic acids is 1. The zero-order valence-corrected chi connectivity index (χ0v) is 12.6. The molecular weight excluding hydrogens is 270 g/mol. The lowest BCUT2D eigenvalue weighted by molar-refractivity contribution is -0.672. The van der Waals surface area contributed by atoms with E-state index in [1.807, 2.05) is 65.4 Å². The van der Waals surface area contributed by atoms with Crippen molar-refractivity contribution in [2.24, 2.45) is 0 Å². The van der Waals surface area contributed by atoms with Gasteiger partial charge >= 0.3 is 0 Å². The normalized spacial score (nSPS) is 10.4. The number of Topliss-reactive ketones (excluding diaryl/α,β-unsaturated/α-hetero) is 1. The van der Waals surface area contributed by atoms with Crippen molar-refractivity contribution < 1.29 is 9.36 Å². The zero-order chi connectivity index (χ0) is 15.4. The summed E-state index contributed by atoms with van der Waals surface area (Å²) < 4.78 is 2.00. The predicted molar refractivity (Wildman–Crippen MR) is 87.6 cm³/mol. The van der Waals surface area contributed by atoms with Gasteiger partial charge < -0.3 is 0 Å². The van der Waals surface area contributed by atoms with Gasteiger partial charge in [0.15, 0.2) is 6.20 Å². The molecule has 1 aromatic heterocycles. The topological polar surface area (TPSA) is 20.9 Å². The molecule has 0 saturated carbocycles. The lowest BCUT2D eigenvalue weighted by atomic mass is 10.1. The number of aromatic nitrogens is 1. The van der Waals surface area contributed by atoms with Crippen LogP contribution in [0, 0.1) is 6.92 Å². The fourth-order valence-electron chi connectivity index (χ4n) is 2.55. The molecule has 0 radical (unpaired) electrons. The first-order valence-corrected chi connectivity index (χ1v) is 7.38. The second-order valence-electron chi connectivity index (χ2n) is 5.37. The van der Waals surface area contributed by atoms with Gasteiger partial charge in [-0.15, -0.1) is 0 Å². The molecule has 0 N–H and O–H groups in total. The van der Waals surface area contributed by atoms with E-state index in [2.05, 4.69) is 25.1 Å². The highest BCUT2D eigenvalue weighted by Crippen LogP contribution is 2.16. The molecule has 0 amide bonds. The van der Waals surface area contributed by atoms with Gasteiger partial charge in [-0.2, -0.15) is 4.57 Å². The van der Waals surface area contributed by atoms with E-state index in [1.165, 1.54) is 5.56 Å². The van der Waals surface area contributed by atoms with Gasteiger partial charge in [-0.3, -0.25) is 4.79 Å². The van der Waals surface area contributed by atoms with E-state index < -0.39 is 0 Å². The van der Waals surface area contributed by atoms with Crippen molar-refractivity contribution >= 4 is 5.78 Å². The summed E-state index contributed by atoms with van der Waals surface area (Å²) in [6, 6.07) is 23.8. The van der Waals surface area contributed by atoms with Gasteiger partial charge in [0.05, 0.1) is 0 Å². The Morgan fingerprint density at radius 3 is 2.45 bits per heavy atom. The summed E-state index contributed by atoms with van der Waals surface area (Å²) in [5, 5.41) is 0. The van der Waals surface area contributed by atoms with Crippen LogP contribution in [0.15, 0.2) is 79.0 Å². The van der Waals surface area contributed by atoms with E-state index in [9.17, 15) is 4.79 Å². The standard InChI is InChI=1S/C20H18NO/c1-16-8-7-11-18(14-16)19-12-5-6-13-21(19)15-20(22)17-9-3-2-4-10-17/h2-14H,15H2,1H3/q+1. The third-order valence-electron chi connectivity index (χ3n) is 3.66. The first kappa shape index (κ1) is 14.2. The van der Waals surface area contributed by atoms with Crippen LogP contribution in [0.1, 0.15) is 15.9 Å². The number of aryl methyl sites for hydroxylation is 1. The van der Waals surface area contributed by atoms with Crippen LogP contribution < -0.4 is 4.57 Å². The maximum atomic E-state index is 12.4. The van der Waals surface area contributed by atoms with Crippen molar-refractivity contribution in [3.63, 3.8) is 0 Å². The summed E-state index contributed by atoms with van der Waals surface area (Å²) >= 11 is 0. The fraction of sp³-hybridized carbons (Fsp3) is 0.100. The fourth-order valence-corrected chi connectivity index (χ4v) is 2.55. The number of rotatable bonds is 4. The lowest BCUT2D eigenvalue weighted by Gasteiger charge is -2.05. The molecule has 0 aliphatic rings. The molecule has 0 unspecified atom stereocenters. The molecule has 108 valence electrons. The average molecular weight is 288 g/mol. The van der Waals surface area contributed by atoms with Crippen molar-refractivity contribution in [2.75, 3.05) is 0 Å². The van der Waals surface area contributed by atoms with Gasteiger partial charge in [0, 0.05) is 23.3 Å². The van der Waals surface area contributed by atoms with Crippen LogP contribution in [0.25, 0.3) is 11.3 Å². The Morgan fingerprint density at radius 2 is 1.68 bits per heavy atom. The number of carbonyl (C=O) groups is 1. The van der Waals surface area contributed by atoms with Crippen molar-refractivity contribution in [1.82, 2.24) is 0 Å². The Kier molecular flexibility index (Phi) is 4.10. The van der Waals surface area contributed by atoms with E-state index in [-0.39, 0.29) is 5.78 Å². The molecule has 0 fully saturated rings. The summed E-state index contributed by atoms with van der Waals surface area (Å²) in [4.78, 5) is 12.4. The van der Waals surface area contributed by atoms with Gasteiger partial charge in [0.2, 0.25) is 18.0 Å². The van der Waals surface area contributed by atoms with Crippen molar-refractivity contribution in [1.29, 1.82) is 0 Å². The second kappa shape index (κ2) is 6.35. The Labute approximate surface area is 130 Å². The number of nitrogens with zero attached hydrogens (tertiary/aromatic N) is 1. The molecule has 2 nitrogen and oxygen atoms in total. The van der Waals surface area contributed by atoms with Crippen LogP contribution in [0.3, 0.4) is 0 Å². The first-order chi connectivity index (χ1) is 10.7. The Morgan fingerprint density at radius 1 is 0.909 bits per heavy atom. The predicted octanol–water partition coefficient (Wildman–Crippen LogP) is 3.83. The monoisotopic (exact) mass is 288 g/mol. The summed E-state index contributed by atoms with van der Waals surface area (Å²) in [6.45, 7) is 2.42. The summed E-state index contributed by atoms with van der Waals surface area (Å²) in [5.41, 5.74) is 4.13. The Balaban J connectivity index is 1.94. The number of pyridine rings is 1. The van der Waals surface area contributed by atoms with Crippen LogP contribution in [0.5, 0.6) is 0 Å². The number of hydrogen-bond donors (Lipinski definition) is 0. The first-order valence-electron chi connectivity index (χ1n) is 7.38. The number of benzene rings is 2. The van der Waals surface area contributed by atoms with E-state index in [0.717, 1.165) is 16.8 Å². The maximum Gasteiger partial charge on any atom is 0.227 e. The largest absolute Gasteiger partial charge is 0.287 e. The van der Waals surface area contributed by atoms with Gasteiger partial charge in [-0.1, -0.05) is 48.0 Å². The lowest BCUT2D eigenvalue weighted by Crippen LogP contribution is -2.39. The minimum atomic E-state index is 0.116. The zero-order valence-electron chi connectivity index (χ0n) is 12.6. The van der Waals surface area contributed by atoms with Crippen LogP contribution in [-0.4, -0.2) is 5.78 Å². The smallest absolute Gasteiger partial charge is 0.227 e. The highest BCUT2D eigenvalue weighted by atomic mass is 16.1. The van der Waals surface area contributed by atoms with Crippen LogP contribution in [0.2, 0.25) is 0 Å². The van der Waals surface area contributed by atoms with E-state index >= 15 is 0 Å². The van der Waals surface area contributed by atoms with Crippen molar-refractivity contribution in [3.05, 3.63) is 90.1 Å². The summed E-state index contributed by atoms with van der Waals surface area (Å²) in [5.74, 6) is 0.116. The van der Waals surface area contributed by atoms with Gasteiger partial charge in [0.25, 0.3) is 0 Å². The van der Waals surface area contributed by atoms with Crippen LogP contribution >= 0.6 is 0 Å². The molecule has 0 bridgehead atoms. The molecule has 0 spiro atoms. The van der Waals surface area contributed by atoms with Crippen LogP contribution in [0.4, 0.5) is 0 Å². The molecule has 0 saturated heterocycles. The van der Waals surface area contributed by atoms with E-state index in [0.29, 0.717) is 6.54 Å². The molecule has 22 heavy (non-hydrogen) atoms. The van der Waals surface area contributed by atoms with Crippen molar-refractivity contribution in [3.8, 4) is 11.3 Å². The van der Waals surface area contributed by atoms with Gasteiger partial charge in [-0.25, -0.2) is 0 Å². The van der Waals surface area contributed by atoms with Gasteiger partial charge in [0.1, 0.15) is 0 Å². The molecule has 3 aromatic rings. The summed E-state index contributed by atoms with van der Waals surface area (Å²) in [7, 11) is 0. The van der Waals surface area contributed by atoms with Crippen molar-refractivity contribution in [2.45, 2.75) is 13.5 Å². The molecule has 0 aliphatic heterocycles. The Hall–Kier alpha value is -2.74.